The molecule has 0 aliphatic rings. The summed E-state index contributed by atoms with van der Waals surface area (Å²) in [5, 5.41) is 13.3. The molecule has 0 saturated carbocycles. The molecule has 0 fully saturated rings. The van der Waals surface area contributed by atoms with E-state index in [1.807, 2.05) is 73.0 Å². The molecule has 140 valence electrons. The van der Waals surface area contributed by atoms with E-state index in [-0.39, 0.29) is 24.3 Å². The minimum atomic E-state index is -0.192. The van der Waals surface area contributed by atoms with Crippen LogP contribution in [0.5, 0.6) is 0 Å². The number of hydrogen-bond acceptors (Lipinski definition) is 6. The summed E-state index contributed by atoms with van der Waals surface area (Å²) in [6.45, 7) is 1.90. The summed E-state index contributed by atoms with van der Waals surface area (Å²) in [6, 6.07) is 20.0. The van der Waals surface area contributed by atoms with Crippen LogP contribution in [0.2, 0.25) is 0 Å². The summed E-state index contributed by atoms with van der Waals surface area (Å²) in [5.74, 6) is 0.0377. The van der Waals surface area contributed by atoms with Crippen LogP contribution in [0.15, 0.2) is 70.5 Å². The van der Waals surface area contributed by atoms with Crippen LogP contribution in [0.4, 0.5) is 6.01 Å². The summed E-state index contributed by atoms with van der Waals surface area (Å²) in [6.07, 6.45) is 0.265. The number of aryl methyl sites for hydroxylation is 1. The highest BCUT2D eigenvalue weighted by molar-refractivity contribution is 7.09. The monoisotopic (exact) mass is 390 g/mol. The molecular formula is C21H18N4O2S. The van der Waals surface area contributed by atoms with Gasteiger partial charge in [-0.3, -0.25) is 10.1 Å². The Bertz CT molecular complexity index is 1020. The van der Waals surface area contributed by atoms with E-state index in [2.05, 4.69) is 20.5 Å². The van der Waals surface area contributed by atoms with Crippen molar-refractivity contribution in [1.29, 1.82) is 0 Å². The highest BCUT2D eigenvalue weighted by Gasteiger charge is 2.20. The SMILES string of the molecule is Cc1nc(-c2nnc(NC(=O)CC(c3ccccc3)c3ccccc3)o2)cs1. The molecule has 0 unspecified atom stereocenters. The zero-order valence-electron chi connectivity index (χ0n) is 15.2. The maximum atomic E-state index is 12.7. The van der Waals surface area contributed by atoms with Crippen LogP contribution in [0.3, 0.4) is 0 Å². The van der Waals surface area contributed by atoms with Crippen molar-refractivity contribution in [2.24, 2.45) is 0 Å². The molecule has 0 spiro atoms. The van der Waals surface area contributed by atoms with Crippen molar-refractivity contribution in [2.75, 3.05) is 5.32 Å². The zero-order valence-corrected chi connectivity index (χ0v) is 16.0. The van der Waals surface area contributed by atoms with Crippen molar-refractivity contribution in [3.8, 4) is 11.6 Å². The molecule has 2 aromatic carbocycles. The van der Waals surface area contributed by atoms with Gasteiger partial charge in [0.1, 0.15) is 5.69 Å². The average Bonchev–Trinajstić information content (AvgIpc) is 3.36. The van der Waals surface area contributed by atoms with E-state index in [4.69, 9.17) is 4.42 Å². The number of thiazole rings is 1. The van der Waals surface area contributed by atoms with E-state index >= 15 is 0 Å². The normalized spacial score (nSPS) is 10.9. The van der Waals surface area contributed by atoms with E-state index in [1.54, 1.807) is 0 Å². The number of carbonyl (C=O) groups is 1. The second-order valence-corrected chi connectivity index (χ2v) is 7.35. The molecule has 2 aromatic heterocycles. The Morgan fingerprint density at radius 3 is 2.25 bits per heavy atom. The van der Waals surface area contributed by atoms with Gasteiger partial charge in [-0.2, -0.15) is 0 Å². The maximum absolute atomic E-state index is 12.7. The Balaban J connectivity index is 1.50. The fourth-order valence-corrected chi connectivity index (χ4v) is 3.58. The number of nitrogens with zero attached hydrogens (tertiary/aromatic N) is 3. The number of aromatic nitrogens is 3. The number of hydrogen-bond donors (Lipinski definition) is 1. The molecule has 1 amide bonds. The Hall–Kier alpha value is -3.32. The molecule has 4 rings (SSSR count). The average molecular weight is 390 g/mol. The zero-order chi connectivity index (χ0) is 19.3. The molecule has 4 aromatic rings. The van der Waals surface area contributed by atoms with Gasteiger partial charge >= 0.3 is 6.01 Å². The van der Waals surface area contributed by atoms with Crippen LogP contribution in [-0.4, -0.2) is 21.1 Å². The molecule has 0 aliphatic heterocycles. The minimum Gasteiger partial charge on any atom is -0.401 e. The predicted molar refractivity (Wildman–Crippen MR) is 108 cm³/mol. The Labute approximate surface area is 166 Å². The summed E-state index contributed by atoms with van der Waals surface area (Å²) in [7, 11) is 0. The Kier molecular flexibility index (Phi) is 5.25. The molecule has 0 atom stereocenters. The van der Waals surface area contributed by atoms with Gasteiger partial charge in [0.05, 0.1) is 5.01 Å². The van der Waals surface area contributed by atoms with Gasteiger partial charge in [0.25, 0.3) is 5.89 Å². The smallest absolute Gasteiger partial charge is 0.322 e. The molecule has 0 saturated heterocycles. The summed E-state index contributed by atoms with van der Waals surface area (Å²) < 4.78 is 5.54. The number of carbonyl (C=O) groups excluding carboxylic acids is 1. The number of rotatable bonds is 6. The lowest BCUT2D eigenvalue weighted by atomic mass is 9.88. The van der Waals surface area contributed by atoms with E-state index in [0.29, 0.717) is 11.6 Å². The van der Waals surface area contributed by atoms with Crippen LogP contribution in [0, 0.1) is 6.92 Å². The fourth-order valence-electron chi connectivity index (χ4n) is 2.99. The van der Waals surface area contributed by atoms with Gasteiger partial charge in [-0.05, 0) is 18.1 Å². The molecule has 7 heteroatoms. The summed E-state index contributed by atoms with van der Waals surface area (Å²) in [4.78, 5) is 17.0. The molecule has 0 radical (unpaired) electrons. The van der Waals surface area contributed by atoms with E-state index in [9.17, 15) is 4.79 Å². The summed E-state index contributed by atoms with van der Waals surface area (Å²) >= 11 is 1.50. The van der Waals surface area contributed by atoms with E-state index in [1.165, 1.54) is 11.3 Å². The number of anilines is 1. The predicted octanol–water partition coefficient (Wildman–Crippen LogP) is 4.66. The third kappa shape index (κ3) is 4.15. The molecule has 0 bridgehead atoms. The highest BCUT2D eigenvalue weighted by Crippen LogP contribution is 2.28. The topological polar surface area (TPSA) is 80.9 Å². The van der Waals surface area contributed by atoms with Gasteiger partial charge in [-0.15, -0.1) is 16.4 Å². The maximum Gasteiger partial charge on any atom is 0.322 e. The van der Waals surface area contributed by atoms with Gasteiger partial charge in [-0.25, -0.2) is 4.98 Å². The van der Waals surface area contributed by atoms with E-state index < -0.39 is 0 Å². The quantitative estimate of drug-likeness (QED) is 0.518. The van der Waals surface area contributed by atoms with Gasteiger partial charge in [-0.1, -0.05) is 65.8 Å². The van der Waals surface area contributed by atoms with Gasteiger partial charge in [0, 0.05) is 17.7 Å². The largest absolute Gasteiger partial charge is 0.401 e. The number of amides is 1. The first-order valence-corrected chi connectivity index (χ1v) is 9.73. The van der Waals surface area contributed by atoms with Gasteiger partial charge < -0.3 is 4.42 Å². The molecule has 28 heavy (non-hydrogen) atoms. The van der Waals surface area contributed by atoms with Crippen molar-refractivity contribution in [3.63, 3.8) is 0 Å². The number of benzene rings is 2. The van der Waals surface area contributed by atoms with Crippen molar-refractivity contribution >= 4 is 23.3 Å². The lowest BCUT2D eigenvalue weighted by Crippen LogP contribution is -2.16. The van der Waals surface area contributed by atoms with Crippen LogP contribution in [-0.2, 0) is 4.79 Å². The van der Waals surface area contributed by atoms with Gasteiger partial charge in [0.15, 0.2) is 0 Å². The molecule has 2 heterocycles. The van der Waals surface area contributed by atoms with Crippen molar-refractivity contribution in [1.82, 2.24) is 15.2 Å². The molecule has 1 N–H and O–H groups in total. The first-order chi connectivity index (χ1) is 13.7. The van der Waals surface area contributed by atoms with Crippen molar-refractivity contribution in [3.05, 3.63) is 82.2 Å². The first kappa shape index (κ1) is 18.1. The standard InChI is InChI=1S/C21H18N4O2S/c1-14-22-18(13-28-14)20-24-25-21(27-20)23-19(26)12-17(15-8-4-2-5-9-15)16-10-6-3-7-11-16/h2-11,13,17H,12H2,1H3,(H,23,25,26). The lowest BCUT2D eigenvalue weighted by molar-refractivity contribution is -0.116. The number of nitrogens with one attached hydrogen (secondary N) is 1. The van der Waals surface area contributed by atoms with Crippen LogP contribution >= 0.6 is 11.3 Å². The first-order valence-electron chi connectivity index (χ1n) is 8.85. The molecule has 6 nitrogen and oxygen atoms in total. The van der Waals surface area contributed by atoms with Gasteiger partial charge in [0.2, 0.25) is 5.91 Å². The van der Waals surface area contributed by atoms with Crippen LogP contribution < -0.4 is 5.32 Å². The summed E-state index contributed by atoms with van der Waals surface area (Å²) in [5.41, 5.74) is 2.77. The van der Waals surface area contributed by atoms with Crippen LogP contribution in [0.25, 0.3) is 11.6 Å². The van der Waals surface area contributed by atoms with Crippen LogP contribution in [0.1, 0.15) is 28.5 Å². The van der Waals surface area contributed by atoms with Crippen molar-refractivity contribution in [2.45, 2.75) is 19.3 Å². The second kappa shape index (κ2) is 8.14. The third-order valence-electron chi connectivity index (χ3n) is 4.30. The fraction of sp³-hybridized carbons (Fsp3) is 0.143. The third-order valence-corrected chi connectivity index (χ3v) is 5.08. The van der Waals surface area contributed by atoms with E-state index in [0.717, 1.165) is 16.1 Å². The lowest BCUT2D eigenvalue weighted by Gasteiger charge is -2.17. The van der Waals surface area contributed by atoms with Crippen molar-refractivity contribution < 1.29 is 9.21 Å². The highest BCUT2D eigenvalue weighted by atomic mass is 32.1. The Morgan fingerprint density at radius 2 is 1.68 bits per heavy atom. The minimum absolute atomic E-state index is 0.0639. The molecular weight excluding hydrogens is 372 g/mol. The Morgan fingerprint density at radius 1 is 1.04 bits per heavy atom. The molecule has 0 aliphatic carbocycles. The second-order valence-electron chi connectivity index (χ2n) is 6.29.